The lowest BCUT2D eigenvalue weighted by Gasteiger charge is -2.27. The monoisotopic (exact) mass is 537 g/mol. The van der Waals surface area contributed by atoms with Crippen LogP contribution in [0.5, 0.6) is 0 Å². The van der Waals surface area contributed by atoms with Gasteiger partial charge in [-0.3, -0.25) is 9.00 Å². The molecule has 37 heavy (non-hydrogen) atoms. The van der Waals surface area contributed by atoms with E-state index in [0.717, 1.165) is 0 Å². The first-order chi connectivity index (χ1) is 17.9. The Balaban J connectivity index is 1.64. The number of anilines is 1. The van der Waals surface area contributed by atoms with Crippen molar-refractivity contribution < 1.29 is 8.60 Å². The molecule has 0 radical (unpaired) electrons. The molecule has 3 atom stereocenters. The third kappa shape index (κ3) is 3.68. The van der Waals surface area contributed by atoms with Crippen LogP contribution < -0.4 is 10.5 Å². The van der Waals surface area contributed by atoms with Gasteiger partial charge in [0.1, 0.15) is 29.1 Å². The van der Waals surface area contributed by atoms with E-state index in [1.165, 1.54) is 33.6 Å². The van der Waals surface area contributed by atoms with E-state index in [1.54, 1.807) is 24.7 Å². The van der Waals surface area contributed by atoms with Crippen LogP contribution in [-0.4, -0.2) is 51.1 Å². The summed E-state index contributed by atoms with van der Waals surface area (Å²) in [5, 5.41) is 15.2. The molecular formula is C23H17ClFN9O2S. The van der Waals surface area contributed by atoms with Gasteiger partial charge in [0, 0.05) is 25.2 Å². The molecule has 5 aromatic heterocycles. The number of nitrogens with one attached hydrogen (secondary N) is 1. The lowest BCUT2D eigenvalue weighted by atomic mass is 10.1. The van der Waals surface area contributed by atoms with Crippen molar-refractivity contribution in [2.45, 2.75) is 17.4 Å². The van der Waals surface area contributed by atoms with Crippen molar-refractivity contribution in [1.82, 2.24) is 34.1 Å². The fraction of sp³-hybridized carbons (Fsp3) is 0.217. The van der Waals surface area contributed by atoms with Gasteiger partial charge in [0.2, 0.25) is 5.95 Å². The summed E-state index contributed by atoms with van der Waals surface area (Å²) in [5.74, 6) is -0.508. The largest absolute Gasteiger partial charge is 0.345 e. The Morgan fingerprint density at radius 3 is 2.89 bits per heavy atom. The first kappa shape index (κ1) is 23.3. The van der Waals surface area contributed by atoms with Gasteiger partial charge >= 0.3 is 0 Å². The van der Waals surface area contributed by atoms with E-state index in [0.29, 0.717) is 28.2 Å². The topological polar surface area (TPSA) is 138 Å². The molecule has 1 aliphatic rings. The van der Waals surface area contributed by atoms with Crippen molar-refractivity contribution in [3.8, 4) is 11.9 Å². The molecule has 0 saturated carbocycles. The molecule has 0 bridgehead atoms. The maximum atomic E-state index is 14.2. The summed E-state index contributed by atoms with van der Waals surface area (Å²) in [6, 6.07) is 7.31. The van der Waals surface area contributed by atoms with E-state index in [2.05, 4.69) is 31.1 Å². The maximum absolute atomic E-state index is 14.2. The second-order valence-corrected chi connectivity index (χ2v) is 10.3. The number of aromatic nitrogens is 7. The summed E-state index contributed by atoms with van der Waals surface area (Å²) in [6.07, 6.45) is 6.40. The predicted octanol–water partition coefficient (Wildman–Crippen LogP) is 2.77. The second-order valence-electron chi connectivity index (χ2n) is 8.53. The SMILES string of the molecule is C[S@](=O)c1c[nH]c2ncnc(N3C[C@@H](C#N)C[C@H]3c3nn4ccc(Cl)c4c(=O)n3-c3cccc(F)n3)c12. The smallest absolute Gasteiger partial charge is 0.285 e. The van der Waals surface area contributed by atoms with Crippen molar-refractivity contribution in [2.75, 3.05) is 17.7 Å². The van der Waals surface area contributed by atoms with Gasteiger partial charge in [0.25, 0.3) is 5.56 Å². The van der Waals surface area contributed by atoms with E-state index in [1.807, 2.05) is 4.90 Å². The van der Waals surface area contributed by atoms with Crippen LogP contribution >= 0.6 is 11.6 Å². The van der Waals surface area contributed by atoms with Crippen LogP contribution in [0.15, 0.2) is 52.7 Å². The van der Waals surface area contributed by atoms with E-state index in [4.69, 9.17) is 11.6 Å². The minimum absolute atomic E-state index is 0.0254. The standard InChI is InChI=1S/C23H17ClFN9O2S/c1-37(36)15-9-27-20-18(15)22(29-11-28-20)32-10-12(8-26)7-14(32)21-31-33-6-5-13(24)19(33)23(35)34(21)17-4-2-3-16(25)30-17/h2-6,9,11-12,14H,7,10H2,1H3,(H,27,28,29)/t12-,14+,37+/m1/s1. The molecule has 0 aromatic carbocycles. The second kappa shape index (κ2) is 8.75. The average Bonchev–Trinajstić information content (AvgIpc) is 3.60. The predicted molar refractivity (Wildman–Crippen MR) is 134 cm³/mol. The number of aromatic amines is 1. The number of rotatable bonds is 4. The van der Waals surface area contributed by atoms with Gasteiger partial charge in [-0.2, -0.15) is 14.8 Å². The third-order valence-corrected chi connectivity index (χ3v) is 7.62. The van der Waals surface area contributed by atoms with Gasteiger partial charge in [-0.05, 0) is 24.6 Å². The van der Waals surface area contributed by atoms with Crippen LogP contribution in [0.3, 0.4) is 0 Å². The highest BCUT2D eigenvalue weighted by Crippen LogP contribution is 2.41. The van der Waals surface area contributed by atoms with Crippen molar-refractivity contribution >= 4 is 44.8 Å². The molecule has 1 aliphatic heterocycles. The van der Waals surface area contributed by atoms with E-state index < -0.39 is 34.3 Å². The fourth-order valence-electron chi connectivity index (χ4n) is 4.78. The minimum Gasteiger partial charge on any atom is -0.345 e. The molecular weight excluding hydrogens is 521 g/mol. The highest BCUT2D eigenvalue weighted by molar-refractivity contribution is 7.84. The highest BCUT2D eigenvalue weighted by atomic mass is 35.5. The molecule has 6 rings (SSSR count). The van der Waals surface area contributed by atoms with Gasteiger partial charge in [0.15, 0.2) is 5.82 Å². The molecule has 1 fully saturated rings. The van der Waals surface area contributed by atoms with E-state index in [9.17, 15) is 18.7 Å². The minimum atomic E-state index is -1.35. The zero-order valence-electron chi connectivity index (χ0n) is 19.2. The average molecular weight is 538 g/mol. The maximum Gasteiger partial charge on any atom is 0.285 e. The van der Waals surface area contributed by atoms with Crippen molar-refractivity contribution in [3.05, 3.63) is 70.1 Å². The molecule has 0 amide bonds. The van der Waals surface area contributed by atoms with Crippen LogP contribution in [0.4, 0.5) is 10.2 Å². The quantitative estimate of drug-likeness (QED) is 0.345. The van der Waals surface area contributed by atoms with Crippen molar-refractivity contribution in [1.29, 1.82) is 5.26 Å². The Hall–Kier alpha value is -4.15. The first-order valence-electron chi connectivity index (χ1n) is 11.1. The molecule has 0 aliphatic carbocycles. The summed E-state index contributed by atoms with van der Waals surface area (Å²) < 4.78 is 29.2. The number of halogens is 2. The molecule has 6 heterocycles. The lowest BCUT2D eigenvalue weighted by molar-refractivity contribution is 0.561. The Labute approximate surface area is 215 Å². The number of pyridine rings is 1. The number of H-pyrrole nitrogens is 1. The Morgan fingerprint density at radius 2 is 2.14 bits per heavy atom. The van der Waals surface area contributed by atoms with Crippen LogP contribution in [0, 0.1) is 23.2 Å². The summed E-state index contributed by atoms with van der Waals surface area (Å²) >= 11 is 6.28. The third-order valence-electron chi connectivity index (χ3n) is 6.37. The molecule has 11 nitrogen and oxygen atoms in total. The first-order valence-corrected chi connectivity index (χ1v) is 13.1. The van der Waals surface area contributed by atoms with Crippen LogP contribution in [0.25, 0.3) is 22.4 Å². The fourth-order valence-corrected chi connectivity index (χ4v) is 5.70. The van der Waals surface area contributed by atoms with Gasteiger partial charge in [-0.1, -0.05) is 17.7 Å². The number of nitriles is 1. The van der Waals surface area contributed by atoms with Crippen molar-refractivity contribution in [3.63, 3.8) is 0 Å². The Morgan fingerprint density at radius 1 is 1.30 bits per heavy atom. The zero-order chi connectivity index (χ0) is 25.8. The van der Waals surface area contributed by atoms with Gasteiger partial charge < -0.3 is 9.88 Å². The molecule has 186 valence electrons. The highest BCUT2D eigenvalue weighted by Gasteiger charge is 2.39. The molecule has 1 saturated heterocycles. The number of fused-ring (bicyclic) bond motifs is 2. The summed E-state index contributed by atoms with van der Waals surface area (Å²) in [7, 11) is -1.35. The Bertz CT molecular complexity index is 1820. The lowest BCUT2D eigenvalue weighted by Crippen LogP contribution is -2.34. The zero-order valence-corrected chi connectivity index (χ0v) is 20.7. The Kier molecular flexibility index (Phi) is 5.50. The van der Waals surface area contributed by atoms with Crippen LogP contribution in [0.1, 0.15) is 18.3 Å². The number of hydrogen-bond acceptors (Lipinski definition) is 8. The van der Waals surface area contributed by atoms with Gasteiger partial charge in [-0.15, -0.1) is 0 Å². The van der Waals surface area contributed by atoms with Crippen LogP contribution in [0.2, 0.25) is 5.02 Å². The number of hydrogen-bond donors (Lipinski definition) is 1. The van der Waals surface area contributed by atoms with Crippen molar-refractivity contribution in [2.24, 2.45) is 5.92 Å². The van der Waals surface area contributed by atoms with E-state index in [-0.39, 0.29) is 28.7 Å². The van der Waals surface area contributed by atoms with Crippen LogP contribution in [-0.2, 0) is 10.8 Å². The molecule has 1 N–H and O–H groups in total. The molecule has 5 aromatic rings. The number of nitrogens with zero attached hydrogens (tertiary/aromatic N) is 8. The van der Waals surface area contributed by atoms with Gasteiger partial charge in [0.05, 0.1) is 44.1 Å². The summed E-state index contributed by atoms with van der Waals surface area (Å²) in [6.45, 7) is 0.269. The summed E-state index contributed by atoms with van der Waals surface area (Å²) in [5.41, 5.74) is 0.0546. The normalized spacial score (nSPS) is 18.5. The van der Waals surface area contributed by atoms with E-state index >= 15 is 0 Å². The summed E-state index contributed by atoms with van der Waals surface area (Å²) in [4.78, 5) is 31.7. The molecule has 14 heteroatoms. The molecule has 0 unspecified atom stereocenters. The molecule has 0 spiro atoms. The van der Waals surface area contributed by atoms with Gasteiger partial charge in [-0.25, -0.2) is 24.0 Å².